The fraction of sp³-hybridized carbons (Fsp3) is 0.611. The number of thiazole rings is 1. The summed E-state index contributed by atoms with van der Waals surface area (Å²) in [5.41, 5.74) is 2.39. The Morgan fingerprint density at radius 2 is 1.79 bits per heavy atom. The van der Waals surface area contributed by atoms with E-state index in [0.29, 0.717) is 5.92 Å². The summed E-state index contributed by atoms with van der Waals surface area (Å²) in [7, 11) is 0. The lowest BCUT2D eigenvalue weighted by Crippen LogP contribution is -2.29. The third-order valence-corrected chi connectivity index (χ3v) is 6.90. The molecule has 0 amide bonds. The average molecular weight is 341 g/mol. The predicted octanol–water partition coefficient (Wildman–Crippen LogP) is 3.08. The molecular weight excluding hydrogens is 318 g/mol. The van der Waals surface area contributed by atoms with Gasteiger partial charge in [0, 0.05) is 61.1 Å². The monoisotopic (exact) mass is 341 g/mol. The molecule has 4 heterocycles. The molecule has 2 aliphatic heterocycles. The summed E-state index contributed by atoms with van der Waals surface area (Å²) < 4.78 is 0. The van der Waals surface area contributed by atoms with Crippen LogP contribution in [0.25, 0.3) is 0 Å². The van der Waals surface area contributed by atoms with Crippen LogP contribution in [0, 0.1) is 18.8 Å². The van der Waals surface area contributed by atoms with Gasteiger partial charge >= 0.3 is 0 Å². The van der Waals surface area contributed by atoms with E-state index in [1.54, 1.807) is 17.7 Å². The van der Waals surface area contributed by atoms with Crippen LogP contribution in [0.1, 0.15) is 36.6 Å². The molecule has 2 aromatic heterocycles. The molecule has 1 saturated carbocycles. The highest BCUT2D eigenvalue weighted by Gasteiger charge is 2.41. The van der Waals surface area contributed by atoms with Crippen molar-refractivity contribution in [3.63, 3.8) is 0 Å². The molecule has 3 fully saturated rings. The molecule has 3 aliphatic rings. The van der Waals surface area contributed by atoms with Gasteiger partial charge in [-0.25, -0.2) is 15.0 Å². The molecule has 1 aliphatic carbocycles. The van der Waals surface area contributed by atoms with Gasteiger partial charge < -0.3 is 9.80 Å². The maximum atomic E-state index is 4.65. The number of hydrogen-bond acceptors (Lipinski definition) is 6. The Hall–Kier alpha value is -1.69. The van der Waals surface area contributed by atoms with E-state index in [9.17, 15) is 0 Å². The second-order valence-electron chi connectivity index (χ2n) is 7.53. The summed E-state index contributed by atoms with van der Waals surface area (Å²) in [4.78, 5) is 18.7. The van der Waals surface area contributed by atoms with Gasteiger partial charge in [-0.15, -0.1) is 11.3 Å². The average Bonchev–Trinajstić information content (AvgIpc) is 3.19. The van der Waals surface area contributed by atoms with Crippen molar-refractivity contribution in [1.29, 1.82) is 0 Å². The van der Waals surface area contributed by atoms with Crippen molar-refractivity contribution in [2.45, 2.75) is 32.1 Å². The SMILES string of the molecule is Cc1csc(N2CC3CN(c4cc(C5CCC5)ncn4)CC3C2)n1. The maximum Gasteiger partial charge on any atom is 0.185 e. The van der Waals surface area contributed by atoms with Gasteiger partial charge in [0.15, 0.2) is 5.13 Å². The van der Waals surface area contributed by atoms with E-state index in [1.807, 2.05) is 0 Å². The van der Waals surface area contributed by atoms with Crippen molar-refractivity contribution in [2.24, 2.45) is 11.8 Å². The fourth-order valence-electron chi connectivity index (χ4n) is 4.28. The number of hydrogen-bond donors (Lipinski definition) is 0. The molecular formula is C18H23N5S. The van der Waals surface area contributed by atoms with E-state index >= 15 is 0 Å². The van der Waals surface area contributed by atoms with Gasteiger partial charge in [0.25, 0.3) is 0 Å². The molecule has 5 nitrogen and oxygen atoms in total. The van der Waals surface area contributed by atoms with Crippen molar-refractivity contribution >= 4 is 22.3 Å². The Morgan fingerprint density at radius 3 is 2.42 bits per heavy atom. The second kappa shape index (κ2) is 5.69. The first kappa shape index (κ1) is 14.6. The van der Waals surface area contributed by atoms with E-state index in [0.717, 1.165) is 49.5 Å². The molecule has 5 rings (SSSR count). The van der Waals surface area contributed by atoms with Crippen molar-refractivity contribution in [3.05, 3.63) is 29.2 Å². The first-order valence-electron chi connectivity index (χ1n) is 9.00. The predicted molar refractivity (Wildman–Crippen MR) is 96.9 cm³/mol. The second-order valence-corrected chi connectivity index (χ2v) is 8.37. The Balaban J connectivity index is 1.28. The minimum atomic E-state index is 0.678. The van der Waals surface area contributed by atoms with Crippen molar-refractivity contribution in [2.75, 3.05) is 36.0 Å². The molecule has 0 radical (unpaired) electrons. The number of nitrogens with zero attached hydrogens (tertiary/aromatic N) is 5. The van der Waals surface area contributed by atoms with Crippen LogP contribution in [0.4, 0.5) is 10.9 Å². The number of aryl methyl sites for hydroxylation is 1. The van der Waals surface area contributed by atoms with E-state index in [-0.39, 0.29) is 0 Å². The number of fused-ring (bicyclic) bond motifs is 1. The van der Waals surface area contributed by atoms with Crippen molar-refractivity contribution in [3.8, 4) is 0 Å². The molecule has 0 spiro atoms. The summed E-state index contributed by atoms with van der Waals surface area (Å²) >= 11 is 1.78. The van der Waals surface area contributed by atoms with E-state index in [1.165, 1.54) is 30.1 Å². The Labute approximate surface area is 146 Å². The first-order chi connectivity index (χ1) is 11.8. The number of rotatable bonds is 3. The standard InChI is InChI=1S/C18H23N5S/c1-12-10-24-18(21-12)23-8-14-6-22(7-15(14)9-23)17-5-16(19-11-20-17)13-3-2-4-13/h5,10-11,13-15H,2-4,6-9H2,1H3. The van der Waals surface area contributed by atoms with Gasteiger partial charge in [-0.1, -0.05) is 6.42 Å². The minimum Gasteiger partial charge on any atom is -0.356 e. The van der Waals surface area contributed by atoms with Gasteiger partial charge in [0.05, 0.1) is 5.69 Å². The Morgan fingerprint density at radius 1 is 1.04 bits per heavy atom. The largest absolute Gasteiger partial charge is 0.356 e. The summed E-state index contributed by atoms with van der Waals surface area (Å²) in [6, 6.07) is 2.24. The quantitative estimate of drug-likeness (QED) is 0.858. The molecule has 24 heavy (non-hydrogen) atoms. The van der Waals surface area contributed by atoms with Crippen molar-refractivity contribution in [1.82, 2.24) is 15.0 Å². The fourth-order valence-corrected chi connectivity index (χ4v) is 5.11. The van der Waals surface area contributed by atoms with Crippen LogP contribution in [-0.2, 0) is 0 Å². The summed E-state index contributed by atoms with van der Waals surface area (Å²) in [6.07, 6.45) is 5.71. The van der Waals surface area contributed by atoms with E-state index < -0.39 is 0 Å². The minimum absolute atomic E-state index is 0.678. The Kier molecular flexibility index (Phi) is 3.47. The summed E-state index contributed by atoms with van der Waals surface area (Å²) in [5.74, 6) is 3.28. The van der Waals surface area contributed by atoms with E-state index in [2.05, 4.69) is 43.1 Å². The topological polar surface area (TPSA) is 45.2 Å². The number of anilines is 2. The van der Waals surface area contributed by atoms with Crippen LogP contribution in [0.15, 0.2) is 17.8 Å². The van der Waals surface area contributed by atoms with Gasteiger partial charge in [-0.05, 0) is 19.8 Å². The highest BCUT2D eigenvalue weighted by atomic mass is 32.1. The van der Waals surface area contributed by atoms with Gasteiger partial charge in [0.2, 0.25) is 0 Å². The maximum absolute atomic E-state index is 4.65. The van der Waals surface area contributed by atoms with Crippen molar-refractivity contribution < 1.29 is 0 Å². The lowest BCUT2D eigenvalue weighted by molar-refractivity contribution is 0.410. The zero-order chi connectivity index (χ0) is 16.1. The molecule has 0 aromatic carbocycles. The van der Waals surface area contributed by atoms with Crippen LogP contribution in [-0.4, -0.2) is 41.1 Å². The highest BCUT2D eigenvalue weighted by Crippen LogP contribution is 2.39. The first-order valence-corrected chi connectivity index (χ1v) is 9.88. The molecule has 2 saturated heterocycles. The molecule has 0 N–H and O–H groups in total. The molecule has 0 bridgehead atoms. The molecule has 126 valence electrons. The normalized spacial score (nSPS) is 26.7. The van der Waals surface area contributed by atoms with Crippen LogP contribution in [0.3, 0.4) is 0 Å². The third kappa shape index (κ3) is 2.48. The lowest BCUT2D eigenvalue weighted by atomic mass is 9.83. The van der Waals surface area contributed by atoms with Gasteiger partial charge in [-0.2, -0.15) is 0 Å². The third-order valence-electron chi connectivity index (χ3n) is 5.88. The van der Waals surface area contributed by atoms with Crippen LogP contribution in [0.2, 0.25) is 0 Å². The smallest absolute Gasteiger partial charge is 0.185 e. The van der Waals surface area contributed by atoms with Crippen LogP contribution < -0.4 is 9.80 Å². The molecule has 2 atom stereocenters. The lowest BCUT2D eigenvalue weighted by Gasteiger charge is -2.26. The van der Waals surface area contributed by atoms with Gasteiger partial charge in [0.1, 0.15) is 12.1 Å². The summed E-state index contributed by atoms with van der Waals surface area (Å²) in [6.45, 7) is 6.58. The zero-order valence-corrected chi connectivity index (χ0v) is 14.9. The highest BCUT2D eigenvalue weighted by molar-refractivity contribution is 7.13. The Bertz CT molecular complexity index is 727. The van der Waals surface area contributed by atoms with Crippen LogP contribution in [0.5, 0.6) is 0 Å². The van der Waals surface area contributed by atoms with Gasteiger partial charge in [-0.3, -0.25) is 0 Å². The molecule has 2 unspecified atom stereocenters. The number of aromatic nitrogens is 3. The zero-order valence-electron chi connectivity index (χ0n) is 14.1. The molecule has 6 heteroatoms. The summed E-state index contributed by atoms with van der Waals surface area (Å²) in [5, 5.41) is 3.35. The van der Waals surface area contributed by atoms with Crippen LogP contribution >= 0.6 is 11.3 Å². The van der Waals surface area contributed by atoms with E-state index in [4.69, 9.17) is 0 Å². The molecule has 2 aromatic rings.